The highest BCUT2D eigenvalue weighted by atomic mass is 35.5. The minimum absolute atomic E-state index is 0.0779. The molecule has 0 aromatic heterocycles. The number of nitrogens with one attached hydrogen (secondary N) is 1. The van der Waals surface area contributed by atoms with Crippen LogP contribution in [0.15, 0.2) is 42.0 Å². The number of hydrogen-bond acceptors (Lipinski definition) is 4. The van der Waals surface area contributed by atoms with E-state index in [1.165, 1.54) is 20.3 Å². The molecule has 0 fully saturated rings. The third kappa shape index (κ3) is 4.31. The molecule has 0 aliphatic rings. The molecule has 5 nitrogen and oxygen atoms in total. The fourth-order valence-corrected chi connectivity index (χ4v) is 2.50. The van der Waals surface area contributed by atoms with Gasteiger partial charge in [0.25, 0.3) is 5.91 Å². The number of rotatable bonds is 5. The van der Waals surface area contributed by atoms with Crippen LogP contribution in [-0.4, -0.2) is 20.1 Å². The summed E-state index contributed by atoms with van der Waals surface area (Å²) in [5.74, 6) is 0.561. The van der Waals surface area contributed by atoms with Gasteiger partial charge in [-0.15, -0.1) is 0 Å². The summed E-state index contributed by atoms with van der Waals surface area (Å²) in [6, 6.07) is 12.3. The number of halogens is 1. The molecule has 0 spiro atoms. The Labute approximate surface area is 151 Å². The number of benzene rings is 2. The molecule has 1 amide bonds. The van der Waals surface area contributed by atoms with Gasteiger partial charge in [0.1, 0.15) is 23.1 Å². The maximum absolute atomic E-state index is 12.5. The summed E-state index contributed by atoms with van der Waals surface area (Å²) in [4.78, 5) is 12.5. The van der Waals surface area contributed by atoms with Crippen molar-refractivity contribution < 1.29 is 14.3 Å². The van der Waals surface area contributed by atoms with E-state index in [-0.39, 0.29) is 5.57 Å². The molecule has 6 heteroatoms. The highest BCUT2D eigenvalue weighted by Gasteiger charge is 2.14. The number of amides is 1. The maximum Gasteiger partial charge on any atom is 0.266 e. The van der Waals surface area contributed by atoms with Crippen LogP contribution in [0.2, 0.25) is 5.02 Å². The van der Waals surface area contributed by atoms with Crippen LogP contribution in [0.1, 0.15) is 11.1 Å². The number of nitrogens with zero attached hydrogens (tertiary/aromatic N) is 1. The smallest absolute Gasteiger partial charge is 0.266 e. The number of carbonyl (C=O) groups excluding carboxylic acids is 1. The van der Waals surface area contributed by atoms with Crippen LogP contribution in [0.4, 0.5) is 5.69 Å². The maximum atomic E-state index is 12.5. The van der Waals surface area contributed by atoms with Gasteiger partial charge in [0.15, 0.2) is 0 Å². The van der Waals surface area contributed by atoms with Gasteiger partial charge in [0.2, 0.25) is 0 Å². The normalized spacial score (nSPS) is 10.8. The molecule has 0 saturated heterocycles. The molecule has 2 aromatic carbocycles. The number of hydrogen-bond donors (Lipinski definition) is 1. The third-order valence-electron chi connectivity index (χ3n) is 3.56. The van der Waals surface area contributed by atoms with Crippen molar-refractivity contribution >= 4 is 29.3 Å². The van der Waals surface area contributed by atoms with Crippen LogP contribution < -0.4 is 14.8 Å². The zero-order valence-electron chi connectivity index (χ0n) is 14.1. The molecule has 0 heterocycles. The largest absolute Gasteiger partial charge is 0.497 e. The Balaban J connectivity index is 2.38. The van der Waals surface area contributed by atoms with Crippen LogP contribution in [0.25, 0.3) is 6.08 Å². The van der Waals surface area contributed by atoms with Crippen molar-refractivity contribution in [2.75, 3.05) is 19.5 Å². The molecule has 0 saturated carbocycles. The highest BCUT2D eigenvalue weighted by Crippen LogP contribution is 2.28. The van der Waals surface area contributed by atoms with Crippen molar-refractivity contribution in [2.24, 2.45) is 0 Å². The molecule has 2 aromatic rings. The highest BCUT2D eigenvalue weighted by molar-refractivity contribution is 6.34. The van der Waals surface area contributed by atoms with Crippen molar-refractivity contribution in [3.63, 3.8) is 0 Å². The van der Waals surface area contributed by atoms with E-state index in [1.54, 1.807) is 30.3 Å². The summed E-state index contributed by atoms with van der Waals surface area (Å²) in [5.41, 5.74) is 1.76. The van der Waals surface area contributed by atoms with E-state index in [1.807, 2.05) is 19.1 Å². The predicted octanol–water partition coefficient (Wildman–Crippen LogP) is 4.21. The molecule has 0 bridgehead atoms. The number of aryl methyl sites for hydroxylation is 1. The van der Waals surface area contributed by atoms with Gasteiger partial charge in [-0.3, -0.25) is 4.79 Å². The molecule has 0 unspecified atom stereocenters. The van der Waals surface area contributed by atoms with E-state index in [2.05, 4.69) is 5.32 Å². The number of ether oxygens (including phenoxy) is 2. The van der Waals surface area contributed by atoms with E-state index in [0.29, 0.717) is 27.8 Å². The lowest BCUT2D eigenvalue weighted by molar-refractivity contribution is -0.112. The van der Waals surface area contributed by atoms with Crippen LogP contribution in [0.5, 0.6) is 11.5 Å². The standard InChI is InChI=1S/C19H17ClN2O3/c1-12-5-4-6-16(20)18(12)22-19(23)14(11-21)9-13-10-15(24-2)7-8-17(13)25-3/h4-10H,1-3H3,(H,22,23)/b14-9+. The van der Waals surface area contributed by atoms with Gasteiger partial charge >= 0.3 is 0 Å². The van der Waals surface area contributed by atoms with E-state index >= 15 is 0 Å². The van der Waals surface area contributed by atoms with Gasteiger partial charge in [-0.05, 0) is 42.8 Å². The van der Waals surface area contributed by atoms with Gasteiger partial charge in [0.05, 0.1) is 24.9 Å². The Morgan fingerprint density at radius 2 is 2.00 bits per heavy atom. The summed E-state index contributed by atoms with van der Waals surface area (Å²) in [5, 5.41) is 12.5. The number of para-hydroxylation sites is 1. The molecule has 25 heavy (non-hydrogen) atoms. The monoisotopic (exact) mass is 356 g/mol. The topological polar surface area (TPSA) is 71.3 Å². The van der Waals surface area contributed by atoms with Gasteiger partial charge in [-0.25, -0.2) is 0 Å². The molecule has 0 aliphatic carbocycles. The quantitative estimate of drug-likeness (QED) is 0.643. The Hall–Kier alpha value is -2.97. The van der Waals surface area contributed by atoms with Crippen LogP contribution in [0, 0.1) is 18.3 Å². The molecular weight excluding hydrogens is 340 g/mol. The second-order valence-electron chi connectivity index (χ2n) is 5.16. The third-order valence-corrected chi connectivity index (χ3v) is 3.88. The summed E-state index contributed by atoms with van der Waals surface area (Å²) < 4.78 is 10.4. The summed E-state index contributed by atoms with van der Waals surface area (Å²) in [7, 11) is 3.05. The number of methoxy groups -OCH3 is 2. The van der Waals surface area contributed by atoms with Crippen molar-refractivity contribution in [3.05, 3.63) is 58.1 Å². The Bertz CT molecular complexity index is 849. The second-order valence-corrected chi connectivity index (χ2v) is 5.57. The van der Waals surface area contributed by atoms with E-state index in [0.717, 1.165) is 5.56 Å². The number of anilines is 1. The fourth-order valence-electron chi connectivity index (χ4n) is 2.23. The summed E-state index contributed by atoms with van der Waals surface area (Å²) in [6.45, 7) is 1.82. The van der Waals surface area contributed by atoms with Gasteiger partial charge < -0.3 is 14.8 Å². The van der Waals surface area contributed by atoms with Crippen molar-refractivity contribution in [3.8, 4) is 17.6 Å². The minimum Gasteiger partial charge on any atom is -0.497 e. The summed E-state index contributed by atoms with van der Waals surface area (Å²) >= 11 is 6.12. The Morgan fingerprint density at radius 3 is 2.60 bits per heavy atom. The molecule has 128 valence electrons. The first-order chi connectivity index (χ1) is 12.0. The van der Waals surface area contributed by atoms with Crippen molar-refractivity contribution in [1.82, 2.24) is 0 Å². The second kappa shape index (κ2) is 8.22. The average Bonchev–Trinajstić information content (AvgIpc) is 2.62. The van der Waals surface area contributed by atoms with Crippen LogP contribution >= 0.6 is 11.6 Å². The Kier molecular flexibility index (Phi) is 6.04. The first-order valence-electron chi connectivity index (χ1n) is 7.40. The van der Waals surface area contributed by atoms with Crippen LogP contribution in [0.3, 0.4) is 0 Å². The van der Waals surface area contributed by atoms with Crippen molar-refractivity contribution in [2.45, 2.75) is 6.92 Å². The fraction of sp³-hybridized carbons (Fsp3) is 0.158. The Morgan fingerprint density at radius 1 is 1.24 bits per heavy atom. The first-order valence-corrected chi connectivity index (χ1v) is 7.78. The molecule has 0 aliphatic heterocycles. The zero-order chi connectivity index (χ0) is 18.4. The zero-order valence-corrected chi connectivity index (χ0v) is 14.8. The van der Waals surface area contributed by atoms with E-state index in [4.69, 9.17) is 21.1 Å². The van der Waals surface area contributed by atoms with Gasteiger partial charge in [-0.1, -0.05) is 23.7 Å². The van der Waals surface area contributed by atoms with Gasteiger partial charge in [0, 0.05) is 5.56 Å². The lowest BCUT2D eigenvalue weighted by Crippen LogP contribution is -2.14. The minimum atomic E-state index is -0.552. The van der Waals surface area contributed by atoms with E-state index in [9.17, 15) is 10.1 Å². The first kappa shape index (κ1) is 18.4. The van der Waals surface area contributed by atoms with Gasteiger partial charge in [-0.2, -0.15) is 5.26 Å². The number of carbonyl (C=O) groups is 1. The molecule has 0 radical (unpaired) electrons. The summed E-state index contributed by atoms with van der Waals surface area (Å²) in [6.07, 6.45) is 1.45. The molecular formula is C19H17ClN2O3. The van der Waals surface area contributed by atoms with Crippen molar-refractivity contribution in [1.29, 1.82) is 5.26 Å². The lowest BCUT2D eigenvalue weighted by atomic mass is 10.1. The average molecular weight is 357 g/mol. The lowest BCUT2D eigenvalue weighted by Gasteiger charge is -2.10. The molecule has 0 atom stereocenters. The van der Waals surface area contributed by atoms with Crippen LogP contribution in [-0.2, 0) is 4.79 Å². The SMILES string of the molecule is COc1ccc(OC)c(/C=C(\C#N)C(=O)Nc2c(C)cccc2Cl)c1. The predicted molar refractivity (Wildman–Crippen MR) is 98.0 cm³/mol. The van der Waals surface area contributed by atoms with E-state index < -0.39 is 5.91 Å². The number of nitriles is 1. The molecule has 2 rings (SSSR count). The molecule has 1 N–H and O–H groups in total.